The lowest BCUT2D eigenvalue weighted by Crippen LogP contribution is -2.07. The van der Waals surface area contributed by atoms with Crippen LogP contribution in [0.4, 0.5) is 0 Å². The summed E-state index contributed by atoms with van der Waals surface area (Å²) in [6.45, 7) is 5.53. The van der Waals surface area contributed by atoms with Gasteiger partial charge in [-0.15, -0.1) is 0 Å². The van der Waals surface area contributed by atoms with Gasteiger partial charge in [-0.25, -0.2) is 4.98 Å². The minimum atomic E-state index is 0.459. The lowest BCUT2D eigenvalue weighted by molar-refractivity contribution is 0.677. The number of rotatable bonds is 6. The number of thioether (sulfide) groups is 1. The summed E-state index contributed by atoms with van der Waals surface area (Å²) in [5.41, 5.74) is 1.40. The van der Waals surface area contributed by atoms with Gasteiger partial charge in [0.15, 0.2) is 0 Å². The molecule has 3 rings (SSSR count). The Hall–Kier alpha value is -1.74. The number of benzene rings is 2. The molecule has 0 aliphatic rings. The summed E-state index contributed by atoms with van der Waals surface area (Å²) in [4.78, 5) is 4.17. The Morgan fingerprint density at radius 3 is 2.64 bits per heavy atom. The highest BCUT2D eigenvalue weighted by Gasteiger charge is 2.14. The van der Waals surface area contributed by atoms with Crippen molar-refractivity contribution in [2.75, 3.05) is 5.75 Å². The van der Waals surface area contributed by atoms with Crippen LogP contribution in [0.1, 0.15) is 24.7 Å². The second-order valence-electron chi connectivity index (χ2n) is 6.08. The van der Waals surface area contributed by atoms with Gasteiger partial charge in [0.05, 0.1) is 6.33 Å². The van der Waals surface area contributed by atoms with Crippen molar-refractivity contribution in [2.24, 2.45) is 5.92 Å². The van der Waals surface area contributed by atoms with Crippen molar-refractivity contribution in [3.05, 3.63) is 66.7 Å². The molecule has 2 aromatic carbocycles. The van der Waals surface area contributed by atoms with Crippen molar-refractivity contribution < 1.29 is 0 Å². The van der Waals surface area contributed by atoms with Gasteiger partial charge in [0.1, 0.15) is 0 Å². The zero-order valence-electron chi connectivity index (χ0n) is 13.1. The van der Waals surface area contributed by atoms with E-state index in [1.165, 1.54) is 22.1 Å². The molecule has 0 radical (unpaired) electrons. The lowest BCUT2D eigenvalue weighted by Gasteiger charge is -2.19. The minimum absolute atomic E-state index is 0.459. The van der Waals surface area contributed by atoms with Crippen molar-refractivity contribution in [3.63, 3.8) is 0 Å². The second kappa shape index (κ2) is 7.01. The molecular formula is C19H22N2S. The average molecular weight is 310 g/mol. The van der Waals surface area contributed by atoms with E-state index in [2.05, 4.69) is 65.9 Å². The van der Waals surface area contributed by atoms with Crippen LogP contribution >= 0.6 is 11.8 Å². The first kappa shape index (κ1) is 15.2. The molecule has 1 heterocycles. The van der Waals surface area contributed by atoms with Crippen LogP contribution in [0.15, 0.2) is 61.2 Å². The highest BCUT2D eigenvalue weighted by Crippen LogP contribution is 2.33. The summed E-state index contributed by atoms with van der Waals surface area (Å²) in [5, 5.41) is 3.09. The van der Waals surface area contributed by atoms with Gasteiger partial charge in [-0.05, 0) is 34.1 Å². The molecule has 0 spiro atoms. The number of aromatic nitrogens is 2. The van der Waals surface area contributed by atoms with Crippen molar-refractivity contribution in [1.29, 1.82) is 0 Å². The molecule has 1 atom stereocenters. The predicted molar refractivity (Wildman–Crippen MR) is 96.2 cm³/mol. The van der Waals surface area contributed by atoms with Gasteiger partial charge in [0.2, 0.25) is 0 Å². The summed E-state index contributed by atoms with van der Waals surface area (Å²) in [7, 11) is 0. The standard InChI is InChI=1S/C19H22N2S/c1-15(2)13-22-19(12-21-10-9-20-14-21)18-8-7-16-5-3-4-6-17(16)11-18/h3-11,14-15,19H,12-13H2,1-2H3. The normalized spacial score (nSPS) is 12.9. The van der Waals surface area contributed by atoms with Gasteiger partial charge in [0, 0.05) is 24.2 Å². The molecule has 0 N–H and O–H groups in total. The molecule has 0 fully saturated rings. The summed E-state index contributed by atoms with van der Waals surface area (Å²) in [6, 6.07) is 15.4. The monoisotopic (exact) mass is 310 g/mol. The third kappa shape index (κ3) is 3.72. The van der Waals surface area contributed by atoms with E-state index in [4.69, 9.17) is 0 Å². The van der Waals surface area contributed by atoms with Gasteiger partial charge in [-0.3, -0.25) is 0 Å². The number of fused-ring (bicyclic) bond motifs is 1. The molecular weight excluding hydrogens is 288 g/mol. The van der Waals surface area contributed by atoms with Crippen molar-refractivity contribution in [1.82, 2.24) is 9.55 Å². The van der Waals surface area contributed by atoms with E-state index in [9.17, 15) is 0 Å². The predicted octanol–water partition coefficient (Wildman–Crippen LogP) is 5.17. The fraction of sp³-hybridized carbons (Fsp3) is 0.316. The van der Waals surface area contributed by atoms with Gasteiger partial charge >= 0.3 is 0 Å². The van der Waals surface area contributed by atoms with E-state index in [0.717, 1.165) is 6.54 Å². The third-order valence-corrected chi connectivity index (χ3v) is 5.39. The van der Waals surface area contributed by atoms with Crippen LogP contribution in [0, 0.1) is 5.92 Å². The molecule has 3 aromatic rings. The number of nitrogens with zero attached hydrogens (tertiary/aromatic N) is 2. The average Bonchev–Trinajstić information content (AvgIpc) is 3.04. The van der Waals surface area contributed by atoms with Crippen LogP contribution in [0.5, 0.6) is 0 Å². The van der Waals surface area contributed by atoms with E-state index in [0.29, 0.717) is 11.2 Å². The Labute approximate surface area is 136 Å². The summed E-state index contributed by atoms with van der Waals surface area (Å²) < 4.78 is 2.17. The maximum Gasteiger partial charge on any atom is 0.0946 e. The maximum absolute atomic E-state index is 4.17. The molecule has 0 aliphatic carbocycles. The van der Waals surface area contributed by atoms with Gasteiger partial charge in [-0.2, -0.15) is 11.8 Å². The SMILES string of the molecule is CC(C)CSC(Cn1ccnc1)c1ccc2ccccc2c1. The van der Waals surface area contributed by atoms with Crippen LogP contribution in [-0.2, 0) is 6.54 Å². The fourth-order valence-electron chi connectivity index (χ4n) is 2.56. The molecule has 22 heavy (non-hydrogen) atoms. The van der Waals surface area contributed by atoms with Crippen LogP contribution in [0.25, 0.3) is 10.8 Å². The molecule has 0 bridgehead atoms. The highest BCUT2D eigenvalue weighted by molar-refractivity contribution is 7.99. The first-order valence-electron chi connectivity index (χ1n) is 7.78. The van der Waals surface area contributed by atoms with Crippen LogP contribution in [-0.4, -0.2) is 15.3 Å². The van der Waals surface area contributed by atoms with Crippen LogP contribution < -0.4 is 0 Å². The molecule has 2 nitrogen and oxygen atoms in total. The van der Waals surface area contributed by atoms with Crippen molar-refractivity contribution in [2.45, 2.75) is 25.6 Å². The lowest BCUT2D eigenvalue weighted by atomic mass is 10.0. The van der Waals surface area contributed by atoms with Crippen LogP contribution in [0.3, 0.4) is 0 Å². The summed E-state index contributed by atoms with van der Waals surface area (Å²) in [6.07, 6.45) is 5.80. The summed E-state index contributed by atoms with van der Waals surface area (Å²) in [5.74, 6) is 1.88. The molecule has 114 valence electrons. The number of imidazole rings is 1. The van der Waals surface area contributed by atoms with Crippen molar-refractivity contribution in [3.8, 4) is 0 Å². The Balaban J connectivity index is 1.87. The van der Waals surface area contributed by atoms with E-state index in [-0.39, 0.29) is 0 Å². The van der Waals surface area contributed by atoms with E-state index < -0.39 is 0 Å². The topological polar surface area (TPSA) is 17.8 Å². The zero-order chi connectivity index (χ0) is 15.4. The van der Waals surface area contributed by atoms with E-state index >= 15 is 0 Å². The molecule has 0 saturated carbocycles. The Morgan fingerprint density at radius 2 is 1.91 bits per heavy atom. The van der Waals surface area contributed by atoms with Gasteiger partial charge in [0.25, 0.3) is 0 Å². The van der Waals surface area contributed by atoms with Crippen molar-refractivity contribution >= 4 is 22.5 Å². The molecule has 0 amide bonds. The molecule has 0 aliphatic heterocycles. The Morgan fingerprint density at radius 1 is 1.09 bits per heavy atom. The van der Waals surface area contributed by atoms with E-state index in [1.807, 2.05) is 30.5 Å². The third-order valence-electron chi connectivity index (χ3n) is 3.71. The quantitative estimate of drug-likeness (QED) is 0.625. The Bertz CT molecular complexity index is 719. The fourth-order valence-corrected chi connectivity index (χ4v) is 3.79. The number of hydrogen-bond donors (Lipinski definition) is 0. The van der Waals surface area contributed by atoms with Gasteiger partial charge in [-0.1, -0.05) is 50.2 Å². The largest absolute Gasteiger partial charge is 0.336 e. The van der Waals surface area contributed by atoms with E-state index in [1.54, 1.807) is 0 Å². The minimum Gasteiger partial charge on any atom is -0.336 e. The molecule has 1 aromatic heterocycles. The maximum atomic E-state index is 4.17. The second-order valence-corrected chi connectivity index (χ2v) is 7.32. The Kier molecular flexibility index (Phi) is 4.84. The first-order valence-corrected chi connectivity index (χ1v) is 8.83. The zero-order valence-corrected chi connectivity index (χ0v) is 14.0. The van der Waals surface area contributed by atoms with Crippen LogP contribution in [0.2, 0.25) is 0 Å². The first-order chi connectivity index (χ1) is 10.7. The smallest absolute Gasteiger partial charge is 0.0946 e. The molecule has 3 heteroatoms. The highest BCUT2D eigenvalue weighted by atomic mass is 32.2. The van der Waals surface area contributed by atoms with Gasteiger partial charge < -0.3 is 4.57 Å². The molecule has 0 saturated heterocycles. The summed E-state index contributed by atoms with van der Waals surface area (Å²) >= 11 is 2.04. The number of hydrogen-bond acceptors (Lipinski definition) is 2. The molecule has 1 unspecified atom stereocenters.